The normalized spacial score (nSPS) is 17.7. The van der Waals surface area contributed by atoms with Crippen molar-refractivity contribution in [1.29, 1.82) is 0 Å². The van der Waals surface area contributed by atoms with E-state index < -0.39 is 0 Å². The third-order valence-corrected chi connectivity index (χ3v) is 4.35. The van der Waals surface area contributed by atoms with Gasteiger partial charge < -0.3 is 25.0 Å². The standard InChI is InChI=1S/C17H26N4O3/c1-2-6-20-8-10-21(11-9-20)7-5-18-17(22)19-14-3-4-15-16(12-14)24-13-23-15/h3-4,12H,2,5-11,13H2,1H3,(H2,18,19,22). The highest BCUT2D eigenvalue weighted by Gasteiger charge is 2.16. The molecule has 7 nitrogen and oxygen atoms in total. The Bertz CT molecular complexity index is 559. The van der Waals surface area contributed by atoms with E-state index in [1.54, 1.807) is 18.2 Å². The molecule has 24 heavy (non-hydrogen) atoms. The number of anilines is 1. The minimum Gasteiger partial charge on any atom is -0.454 e. The van der Waals surface area contributed by atoms with E-state index in [-0.39, 0.29) is 12.8 Å². The van der Waals surface area contributed by atoms with Crippen LogP contribution in [0.5, 0.6) is 11.5 Å². The molecule has 132 valence electrons. The van der Waals surface area contributed by atoms with Gasteiger partial charge in [-0.3, -0.25) is 4.90 Å². The number of nitrogens with one attached hydrogen (secondary N) is 2. The number of fused-ring (bicyclic) bond motifs is 1. The first kappa shape index (κ1) is 16.9. The number of nitrogens with zero attached hydrogens (tertiary/aromatic N) is 2. The van der Waals surface area contributed by atoms with Crippen molar-refractivity contribution in [2.75, 3.05) is 57.9 Å². The summed E-state index contributed by atoms with van der Waals surface area (Å²) in [7, 11) is 0. The number of hydrogen-bond donors (Lipinski definition) is 2. The van der Waals surface area contributed by atoms with Crippen LogP contribution in [0, 0.1) is 0 Å². The molecule has 2 N–H and O–H groups in total. The molecule has 0 aromatic heterocycles. The van der Waals surface area contributed by atoms with Crippen LogP contribution in [-0.4, -0.2) is 68.4 Å². The van der Waals surface area contributed by atoms with E-state index in [2.05, 4.69) is 27.4 Å². The summed E-state index contributed by atoms with van der Waals surface area (Å²) in [5, 5.41) is 5.73. The maximum absolute atomic E-state index is 12.0. The zero-order valence-electron chi connectivity index (χ0n) is 14.2. The summed E-state index contributed by atoms with van der Waals surface area (Å²) >= 11 is 0. The summed E-state index contributed by atoms with van der Waals surface area (Å²) < 4.78 is 10.6. The van der Waals surface area contributed by atoms with Crippen molar-refractivity contribution in [1.82, 2.24) is 15.1 Å². The Labute approximate surface area is 142 Å². The first-order valence-electron chi connectivity index (χ1n) is 8.64. The van der Waals surface area contributed by atoms with Crippen LogP contribution >= 0.6 is 0 Å². The van der Waals surface area contributed by atoms with Gasteiger partial charge in [-0.1, -0.05) is 6.92 Å². The summed E-state index contributed by atoms with van der Waals surface area (Å²) in [5.41, 5.74) is 0.699. The fourth-order valence-corrected chi connectivity index (χ4v) is 3.03. The second kappa shape index (κ2) is 8.21. The highest BCUT2D eigenvalue weighted by molar-refractivity contribution is 5.89. The fourth-order valence-electron chi connectivity index (χ4n) is 3.03. The van der Waals surface area contributed by atoms with Crippen molar-refractivity contribution in [2.45, 2.75) is 13.3 Å². The fraction of sp³-hybridized carbons (Fsp3) is 0.588. The van der Waals surface area contributed by atoms with Gasteiger partial charge in [-0.25, -0.2) is 4.79 Å². The number of piperazine rings is 1. The van der Waals surface area contributed by atoms with Gasteiger partial charge in [-0.2, -0.15) is 0 Å². The Morgan fingerprint density at radius 1 is 1.08 bits per heavy atom. The van der Waals surface area contributed by atoms with Crippen molar-refractivity contribution in [2.24, 2.45) is 0 Å². The van der Waals surface area contributed by atoms with Crippen molar-refractivity contribution in [3.05, 3.63) is 18.2 Å². The van der Waals surface area contributed by atoms with Crippen LogP contribution in [0.1, 0.15) is 13.3 Å². The van der Waals surface area contributed by atoms with Crippen LogP contribution < -0.4 is 20.1 Å². The van der Waals surface area contributed by atoms with Crippen molar-refractivity contribution in [3.8, 4) is 11.5 Å². The Morgan fingerprint density at radius 2 is 1.79 bits per heavy atom. The minimum atomic E-state index is -0.196. The molecule has 1 fully saturated rings. The van der Waals surface area contributed by atoms with Crippen LogP contribution in [0.25, 0.3) is 0 Å². The molecular formula is C17H26N4O3. The van der Waals surface area contributed by atoms with Crippen molar-refractivity contribution >= 4 is 11.7 Å². The molecule has 0 bridgehead atoms. The number of carbonyl (C=O) groups excluding carboxylic acids is 1. The molecule has 1 saturated heterocycles. The molecule has 2 aliphatic rings. The second-order valence-corrected chi connectivity index (χ2v) is 6.13. The Kier molecular flexibility index (Phi) is 5.77. The summed E-state index contributed by atoms with van der Waals surface area (Å²) in [5.74, 6) is 1.38. The maximum atomic E-state index is 12.0. The van der Waals surface area contributed by atoms with Crippen molar-refractivity contribution in [3.63, 3.8) is 0 Å². The SMILES string of the molecule is CCCN1CCN(CCNC(=O)Nc2ccc3c(c2)OCO3)CC1. The highest BCUT2D eigenvalue weighted by atomic mass is 16.7. The molecule has 7 heteroatoms. The molecule has 3 rings (SSSR count). The summed E-state index contributed by atoms with van der Waals surface area (Å²) in [6.45, 7) is 9.56. The quantitative estimate of drug-likeness (QED) is 0.827. The predicted molar refractivity (Wildman–Crippen MR) is 92.8 cm³/mol. The summed E-state index contributed by atoms with van der Waals surface area (Å²) in [6.07, 6.45) is 1.21. The van der Waals surface area contributed by atoms with Gasteiger partial charge in [0.1, 0.15) is 0 Å². The lowest BCUT2D eigenvalue weighted by molar-refractivity contribution is 0.133. The Morgan fingerprint density at radius 3 is 2.54 bits per heavy atom. The van der Waals surface area contributed by atoms with Crippen molar-refractivity contribution < 1.29 is 14.3 Å². The van der Waals surface area contributed by atoms with E-state index in [4.69, 9.17) is 9.47 Å². The highest BCUT2D eigenvalue weighted by Crippen LogP contribution is 2.34. The average molecular weight is 334 g/mol. The number of ether oxygens (including phenoxy) is 2. The second-order valence-electron chi connectivity index (χ2n) is 6.13. The lowest BCUT2D eigenvalue weighted by Crippen LogP contribution is -2.48. The molecule has 2 amide bonds. The molecule has 2 aliphatic heterocycles. The van der Waals surface area contributed by atoms with E-state index in [9.17, 15) is 4.79 Å². The number of hydrogen-bond acceptors (Lipinski definition) is 5. The van der Waals surface area contributed by atoms with E-state index in [0.717, 1.165) is 32.7 Å². The van der Waals surface area contributed by atoms with Gasteiger partial charge in [0, 0.05) is 51.0 Å². The molecule has 0 saturated carbocycles. The van der Waals surface area contributed by atoms with E-state index >= 15 is 0 Å². The number of amides is 2. The maximum Gasteiger partial charge on any atom is 0.319 e. The third kappa shape index (κ3) is 4.52. The van der Waals surface area contributed by atoms with Gasteiger partial charge in [-0.15, -0.1) is 0 Å². The molecule has 2 heterocycles. The van der Waals surface area contributed by atoms with Gasteiger partial charge in [0.25, 0.3) is 0 Å². The van der Waals surface area contributed by atoms with Gasteiger partial charge in [0.05, 0.1) is 0 Å². The molecule has 1 aromatic carbocycles. The first-order valence-corrected chi connectivity index (χ1v) is 8.64. The number of benzene rings is 1. The first-order chi connectivity index (χ1) is 11.7. The van der Waals surface area contributed by atoms with Crippen LogP contribution in [0.15, 0.2) is 18.2 Å². The molecule has 1 aromatic rings. The predicted octanol–water partition coefficient (Wildman–Crippen LogP) is 1.56. The molecule has 0 radical (unpaired) electrons. The van der Waals surface area contributed by atoms with Gasteiger partial charge in [0.15, 0.2) is 11.5 Å². The molecule has 0 atom stereocenters. The van der Waals surface area contributed by atoms with Crippen LogP contribution in [0.4, 0.5) is 10.5 Å². The number of urea groups is 1. The van der Waals surface area contributed by atoms with E-state index in [1.807, 2.05) is 0 Å². The smallest absolute Gasteiger partial charge is 0.319 e. The Hall–Kier alpha value is -1.99. The zero-order valence-corrected chi connectivity index (χ0v) is 14.2. The summed E-state index contributed by atoms with van der Waals surface area (Å²) in [4.78, 5) is 16.9. The third-order valence-electron chi connectivity index (χ3n) is 4.35. The van der Waals surface area contributed by atoms with Gasteiger partial charge >= 0.3 is 6.03 Å². The monoisotopic (exact) mass is 334 g/mol. The lowest BCUT2D eigenvalue weighted by atomic mass is 10.3. The van der Waals surface area contributed by atoms with Gasteiger partial charge in [-0.05, 0) is 25.1 Å². The van der Waals surface area contributed by atoms with Gasteiger partial charge in [0.2, 0.25) is 6.79 Å². The molecule has 0 unspecified atom stereocenters. The number of carbonyl (C=O) groups is 1. The van der Waals surface area contributed by atoms with E-state index in [1.165, 1.54) is 13.0 Å². The number of rotatable bonds is 6. The van der Waals surface area contributed by atoms with E-state index in [0.29, 0.717) is 23.7 Å². The molecule has 0 aliphatic carbocycles. The van der Waals surface area contributed by atoms with Crippen LogP contribution in [-0.2, 0) is 0 Å². The van der Waals surface area contributed by atoms with Crippen LogP contribution in [0.2, 0.25) is 0 Å². The zero-order chi connectivity index (χ0) is 16.8. The minimum absolute atomic E-state index is 0.196. The van der Waals surface area contributed by atoms with Crippen LogP contribution in [0.3, 0.4) is 0 Å². The Balaban J connectivity index is 1.34. The largest absolute Gasteiger partial charge is 0.454 e. The summed E-state index contributed by atoms with van der Waals surface area (Å²) in [6, 6.07) is 5.18. The molecular weight excluding hydrogens is 308 g/mol. The molecule has 0 spiro atoms. The topological polar surface area (TPSA) is 66.1 Å². The lowest BCUT2D eigenvalue weighted by Gasteiger charge is -2.34. The average Bonchev–Trinajstić information content (AvgIpc) is 3.04.